The Balaban J connectivity index is 2.15. The number of nitrogens with zero attached hydrogens (tertiary/aromatic N) is 1. The summed E-state index contributed by atoms with van der Waals surface area (Å²) in [5.74, 6) is 0.645. The SMILES string of the molecule is CCc1ccccc1C(=O)N1CCC(CN)C1. The van der Waals surface area contributed by atoms with E-state index in [1.165, 1.54) is 0 Å². The molecular weight excluding hydrogens is 212 g/mol. The third kappa shape index (κ3) is 2.50. The van der Waals surface area contributed by atoms with Gasteiger partial charge in [0.15, 0.2) is 0 Å². The molecule has 1 saturated heterocycles. The Labute approximate surface area is 103 Å². The summed E-state index contributed by atoms with van der Waals surface area (Å²) in [6.45, 7) is 4.42. The summed E-state index contributed by atoms with van der Waals surface area (Å²) in [7, 11) is 0. The Morgan fingerprint density at radius 3 is 2.88 bits per heavy atom. The minimum atomic E-state index is 0.165. The Hall–Kier alpha value is -1.35. The molecule has 0 radical (unpaired) electrons. The summed E-state index contributed by atoms with van der Waals surface area (Å²) in [6.07, 6.45) is 1.94. The van der Waals surface area contributed by atoms with Crippen molar-refractivity contribution < 1.29 is 4.79 Å². The molecule has 1 atom stereocenters. The van der Waals surface area contributed by atoms with Crippen molar-refractivity contribution >= 4 is 5.91 Å². The van der Waals surface area contributed by atoms with Crippen molar-refractivity contribution in [3.63, 3.8) is 0 Å². The van der Waals surface area contributed by atoms with Gasteiger partial charge in [0.25, 0.3) is 5.91 Å². The number of carbonyl (C=O) groups is 1. The summed E-state index contributed by atoms with van der Waals surface area (Å²) in [4.78, 5) is 14.3. The first-order chi connectivity index (χ1) is 8.26. The predicted molar refractivity (Wildman–Crippen MR) is 68.9 cm³/mol. The van der Waals surface area contributed by atoms with Crippen LogP contribution in [0.25, 0.3) is 0 Å². The van der Waals surface area contributed by atoms with Crippen molar-refractivity contribution in [2.24, 2.45) is 11.7 Å². The lowest BCUT2D eigenvalue weighted by atomic mass is 10.0. The average Bonchev–Trinajstić information content (AvgIpc) is 2.86. The second kappa shape index (κ2) is 5.32. The molecule has 1 heterocycles. The lowest BCUT2D eigenvalue weighted by molar-refractivity contribution is 0.0786. The summed E-state index contributed by atoms with van der Waals surface area (Å²) in [5.41, 5.74) is 7.64. The summed E-state index contributed by atoms with van der Waals surface area (Å²) in [6, 6.07) is 7.88. The first kappa shape index (κ1) is 12.1. The van der Waals surface area contributed by atoms with Crippen LogP contribution in [-0.2, 0) is 6.42 Å². The number of hydrogen-bond acceptors (Lipinski definition) is 2. The molecule has 1 amide bonds. The van der Waals surface area contributed by atoms with E-state index in [1.807, 2.05) is 29.2 Å². The second-order valence-electron chi connectivity index (χ2n) is 4.65. The van der Waals surface area contributed by atoms with Crippen LogP contribution in [0.3, 0.4) is 0 Å². The van der Waals surface area contributed by atoms with Crippen LogP contribution < -0.4 is 5.73 Å². The molecule has 3 heteroatoms. The maximum absolute atomic E-state index is 12.4. The number of rotatable bonds is 3. The fraction of sp³-hybridized carbons (Fsp3) is 0.500. The van der Waals surface area contributed by atoms with Gasteiger partial charge in [0.1, 0.15) is 0 Å². The number of aryl methyl sites for hydroxylation is 1. The van der Waals surface area contributed by atoms with Crippen molar-refractivity contribution in [3.05, 3.63) is 35.4 Å². The van der Waals surface area contributed by atoms with Gasteiger partial charge < -0.3 is 10.6 Å². The normalized spacial score (nSPS) is 19.6. The number of carbonyl (C=O) groups excluding carboxylic acids is 1. The maximum Gasteiger partial charge on any atom is 0.254 e. The van der Waals surface area contributed by atoms with Gasteiger partial charge in [-0.05, 0) is 36.9 Å². The van der Waals surface area contributed by atoms with E-state index in [0.717, 1.165) is 37.1 Å². The van der Waals surface area contributed by atoms with Crippen LogP contribution in [0, 0.1) is 5.92 Å². The molecule has 2 rings (SSSR count). The number of likely N-dealkylation sites (tertiary alicyclic amines) is 1. The molecule has 0 aromatic heterocycles. The zero-order chi connectivity index (χ0) is 12.3. The van der Waals surface area contributed by atoms with Gasteiger partial charge in [0.2, 0.25) is 0 Å². The molecule has 1 aromatic rings. The quantitative estimate of drug-likeness (QED) is 0.861. The maximum atomic E-state index is 12.4. The third-order valence-electron chi connectivity index (χ3n) is 3.54. The van der Waals surface area contributed by atoms with E-state index in [4.69, 9.17) is 5.73 Å². The summed E-state index contributed by atoms with van der Waals surface area (Å²) in [5, 5.41) is 0. The van der Waals surface area contributed by atoms with Gasteiger partial charge in [-0.25, -0.2) is 0 Å². The Morgan fingerprint density at radius 2 is 2.24 bits per heavy atom. The first-order valence-electron chi connectivity index (χ1n) is 6.33. The number of nitrogens with two attached hydrogens (primary N) is 1. The van der Waals surface area contributed by atoms with E-state index in [-0.39, 0.29) is 5.91 Å². The summed E-state index contributed by atoms with van der Waals surface area (Å²) >= 11 is 0. The highest BCUT2D eigenvalue weighted by Crippen LogP contribution is 2.19. The molecule has 92 valence electrons. The number of hydrogen-bond donors (Lipinski definition) is 1. The average molecular weight is 232 g/mol. The predicted octanol–water partition coefficient (Wildman–Crippen LogP) is 1.67. The van der Waals surface area contributed by atoms with Gasteiger partial charge in [0.05, 0.1) is 0 Å². The van der Waals surface area contributed by atoms with Gasteiger partial charge >= 0.3 is 0 Å². The molecule has 1 fully saturated rings. The van der Waals surface area contributed by atoms with E-state index in [1.54, 1.807) is 0 Å². The van der Waals surface area contributed by atoms with Crippen molar-refractivity contribution in [1.82, 2.24) is 4.90 Å². The zero-order valence-electron chi connectivity index (χ0n) is 10.4. The van der Waals surface area contributed by atoms with E-state index in [0.29, 0.717) is 12.5 Å². The molecular formula is C14H20N2O. The molecule has 1 aliphatic rings. The summed E-state index contributed by atoms with van der Waals surface area (Å²) < 4.78 is 0. The smallest absolute Gasteiger partial charge is 0.254 e. The van der Waals surface area contributed by atoms with Crippen LogP contribution >= 0.6 is 0 Å². The van der Waals surface area contributed by atoms with Crippen LogP contribution in [0.2, 0.25) is 0 Å². The van der Waals surface area contributed by atoms with E-state index in [9.17, 15) is 4.79 Å². The molecule has 1 aliphatic heterocycles. The van der Waals surface area contributed by atoms with Crippen LogP contribution in [0.15, 0.2) is 24.3 Å². The van der Waals surface area contributed by atoms with Crippen LogP contribution in [0.1, 0.15) is 29.3 Å². The molecule has 1 aromatic carbocycles. The third-order valence-corrected chi connectivity index (χ3v) is 3.54. The number of amides is 1. The molecule has 2 N–H and O–H groups in total. The fourth-order valence-corrected chi connectivity index (χ4v) is 2.42. The van der Waals surface area contributed by atoms with E-state index < -0.39 is 0 Å². The van der Waals surface area contributed by atoms with Crippen LogP contribution in [0.5, 0.6) is 0 Å². The van der Waals surface area contributed by atoms with Crippen LogP contribution in [-0.4, -0.2) is 30.4 Å². The molecule has 0 aliphatic carbocycles. The van der Waals surface area contributed by atoms with Gasteiger partial charge in [-0.2, -0.15) is 0 Å². The Bertz CT molecular complexity index is 403. The Kier molecular flexibility index (Phi) is 3.79. The number of benzene rings is 1. The molecule has 0 spiro atoms. The van der Waals surface area contributed by atoms with Crippen molar-refractivity contribution in [3.8, 4) is 0 Å². The lowest BCUT2D eigenvalue weighted by Crippen LogP contribution is -2.30. The van der Waals surface area contributed by atoms with Crippen molar-refractivity contribution in [2.75, 3.05) is 19.6 Å². The van der Waals surface area contributed by atoms with Crippen LogP contribution in [0.4, 0.5) is 0 Å². The monoisotopic (exact) mass is 232 g/mol. The molecule has 17 heavy (non-hydrogen) atoms. The highest BCUT2D eigenvalue weighted by Gasteiger charge is 2.26. The standard InChI is InChI=1S/C14H20N2O/c1-2-12-5-3-4-6-13(12)14(17)16-8-7-11(9-15)10-16/h3-6,11H,2,7-10,15H2,1H3. The van der Waals surface area contributed by atoms with Gasteiger partial charge in [0, 0.05) is 18.7 Å². The second-order valence-corrected chi connectivity index (χ2v) is 4.65. The fourth-order valence-electron chi connectivity index (χ4n) is 2.42. The minimum absolute atomic E-state index is 0.165. The van der Waals surface area contributed by atoms with Crippen molar-refractivity contribution in [2.45, 2.75) is 19.8 Å². The Morgan fingerprint density at radius 1 is 1.47 bits per heavy atom. The van der Waals surface area contributed by atoms with Crippen molar-refractivity contribution in [1.29, 1.82) is 0 Å². The molecule has 3 nitrogen and oxygen atoms in total. The van der Waals surface area contributed by atoms with Gasteiger partial charge in [-0.3, -0.25) is 4.79 Å². The lowest BCUT2D eigenvalue weighted by Gasteiger charge is -2.18. The van der Waals surface area contributed by atoms with Gasteiger partial charge in [-0.1, -0.05) is 25.1 Å². The highest BCUT2D eigenvalue weighted by molar-refractivity contribution is 5.95. The van der Waals surface area contributed by atoms with E-state index >= 15 is 0 Å². The van der Waals surface area contributed by atoms with E-state index in [2.05, 4.69) is 6.92 Å². The molecule has 0 saturated carbocycles. The topological polar surface area (TPSA) is 46.3 Å². The zero-order valence-corrected chi connectivity index (χ0v) is 10.4. The van der Waals surface area contributed by atoms with Gasteiger partial charge in [-0.15, -0.1) is 0 Å². The minimum Gasteiger partial charge on any atom is -0.338 e. The largest absolute Gasteiger partial charge is 0.338 e. The molecule has 0 bridgehead atoms. The highest BCUT2D eigenvalue weighted by atomic mass is 16.2. The first-order valence-corrected chi connectivity index (χ1v) is 6.33. The molecule has 1 unspecified atom stereocenters.